The predicted molar refractivity (Wildman–Crippen MR) is 133 cm³/mol. The highest BCUT2D eigenvalue weighted by molar-refractivity contribution is 6.01. The Labute approximate surface area is 213 Å². The number of aryl methyl sites for hydroxylation is 1. The largest absolute Gasteiger partial charge is 0.458 e. The lowest BCUT2D eigenvalue weighted by Crippen LogP contribution is -2.46. The summed E-state index contributed by atoms with van der Waals surface area (Å²) in [5, 5.41) is 15.3. The van der Waals surface area contributed by atoms with Crippen LogP contribution in [0.3, 0.4) is 0 Å². The molecule has 1 fully saturated rings. The smallest absolute Gasteiger partial charge is 0.251 e. The number of furan rings is 1. The molecular formula is C26H27N7O4. The van der Waals surface area contributed by atoms with E-state index >= 15 is 0 Å². The van der Waals surface area contributed by atoms with E-state index in [1.54, 1.807) is 48.8 Å². The summed E-state index contributed by atoms with van der Waals surface area (Å²) in [4.78, 5) is 34.1. The highest BCUT2D eigenvalue weighted by Crippen LogP contribution is 2.28. The Morgan fingerprint density at radius 3 is 2.65 bits per heavy atom. The Hall–Kier alpha value is -4.38. The lowest BCUT2D eigenvalue weighted by molar-refractivity contribution is -0.127. The van der Waals surface area contributed by atoms with E-state index in [0.717, 1.165) is 12.8 Å². The van der Waals surface area contributed by atoms with Crippen LogP contribution >= 0.6 is 0 Å². The van der Waals surface area contributed by atoms with Crippen molar-refractivity contribution in [2.45, 2.75) is 38.5 Å². The zero-order valence-corrected chi connectivity index (χ0v) is 20.4. The van der Waals surface area contributed by atoms with Crippen molar-refractivity contribution in [1.82, 2.24) is 30.5 Å². The molecule has 0 radical (unpaired) electrons. The van der Waals surface area contributed by atoms with Crippen LogP contribution in [0.25, 0.3) is 11.6 Å². The predicted octanol–water partition coefficient (Wildman–Crippen LogP) is 2.71. The van der Waals surface area contributed by atoms with Gasteiger partial charge in [-0.05, 0) is 66.9 Å². The van der Waals surface area contributed by atoms with Gasteiger partial charge in [0, 0.05) is 31.2 Å². The molecule has 11 heteroatoms. The van der Waals surface area contributed by atoms with Crippen molar-refractivity contribution < 1.29 is 18.7 Å². The lowest BCUT2D eigenvalue weighted by atomic mass is 10.0. The number of hydrogen-bond acceptors (Lipinski definition) is 8. The lowest BCUT2D eigenvalue weighted by Gasteiger charge is -2.31. The Morgan fingerprint density at radius 2 is 1.95 bits per heavy atom. The SMILES string of the molecule is Cc1ccc(-c2nnn(CC(=O)N(c3ccccc3)[C@@H](C(=O)NC[C@H]3CCCO3)c3ccncc3)n2)o1. The summed E-state index contributed by atoms with van der Waals surface area (Å²) in [6, 6.07) is 15.1. The number of ether oxygens (including phenoxy) is 1. The third kappa shape index (κ3) is 5.72. The van der Waals surface area contributed by atoms with Gasteiger partial charge in [-0.2, -0.15) is 4.80 Å². The molecule has 0 bridgehead atoms. The van der Waals surface area contributed by atoms with E-state index in [-0.39, 0.29) is 30.3 Å². The zero-order chi connectivity index (χ0) is 25.6. The van der Waals surface area contributed by atoms with Gasteiger partial charge in [0.2, 0.25) is 11.7 Å². The molecule has 190 valence electrons. The number of para-hydroxylation sites is 1. The van der Waals surface area contributed by atoms with Crippen LogP contribution in [0.5, 0.6) is 0 Å². The van der Waals surface area contributed by atoms with Gasteiger partial charge in [0.05, 0.1) is 6.10 Å². The molecule has 2 atom stereocenters. The van der Waals surface area contributed by atoms with Crippen LogP contribution in [0.15, 0.2) is 71.4 Å². The number of anilines is 1. The number of carbonyl (C=O) groups is 2. The molecule has 0 unspecified atom stereocenters. The molecule has 3 aromatic heterocycles. The van der Waals surface area contributed by atoms with E-state index in [1.807, 2.05) is 25.1 Å². The van der Waals surface area contributed by atoms with Gasteiger partial charge in [-0.3, -0.25) is 19.5 Å². The molecule has 11 nitrogen and oxygen atoms in total. The van der Waals surface area contributed by atoms with Gasteiger partial charge >= 0.3 is 0 Å². The standard InChI is InChI=1S/C26H27N7O4/c1-18-9-10-22(37-18)25-29-31-32(30-25)17-23(34)33(20-6-3-2-4-7-20)24(19-11-13-27-14-12-19)26(35)28-16-21-8-5-15-36-21/h2-4,6-7,9-14,21,24H,5,8,15-17H2,1H3,(H,28,35)/t21-,24-/m1/s1. The highest BCUT2D eigenvalue weighted by Gasteiger charge is 2.34. The Morgan fingerprint density at radius 1 is 1.14 bits per heavy atom. The molecule has 1 aromatic carbocycles. The van der Waals surface area contributed by atoms with E-state index < -0.39 is 6.04 Å². The Kier molecular flexibility index (Phi) is 7.31. The van der Waals surface area contributed by atoms with Crippen molar-refractivity contribution in [3.63, 3.8) is 0 Å². The Bertz CT molecular complexity index is 1330. The minimum Gasteiger partial charge on any atom is -0.458 e. The molecule has 4 aromatic rings. The van der Waals surface area contributed by atoms with Crippen molar-refractivity contribution in [3.05, 3.63) is 78.3 Å². The number of nitrogens with one attached hydrogen (secondary N) is 1. The molecule has 1 saturated heterocycles. The molecule has 1 aliphatic rings. The summed E-state index contributed by atoms with van der Waals surface area (Å²) in [6.07, 6.45) is 5.01. The number of pyridine rings is 1. The topological polar surface area (TPSA) is 128 Å². The number of tetrazole rings is 1. The maximum atomic E-state index is 13.8. The average molecular weight is 502 g/mol. The van der Waals surface area contributed by atoms with Gasteiger partial charge in [-0.25, -0.2) is 0 Å². The molecule has 0 spiro atoms. The zero-order valence-electron chi connectivity index (χ0n) is 20.4. The third-order valence-electron chi connectivity index (χ3n) is 6.05. The van der Waals surface area contributed by atoms with E-state index in [4.69, 9.17) is 9.15 Å². The van der Waals surface area contributed by atoms with Gasteiger partial charge in [0.1, 0.15) is 18.3 Å². The summed E-state index contributed by atoms with van der Waals surface area (Å²) < 4.78 is 11.2. The normalized spacial score (nSPS) is 15.9. The number of nitrogens with zero attached hydrogens (tertiary/aromatic N) is 6. The molecule has 5 rings (SSSR count). The number of carbonyl (C=O) groups excluding carboxylic acids is 2. The van der Waals surface area contributed by atoms with Crippen molar-refractivity contribution in [1.29, 1.82) is 0 Å². The van der Waals surface area contributed by atoms with Crippen molar-refractivity contribution in [2.24, 2.45) is 0 Å². The summed E-state index contributed by atoms with van der Waals surface area (Å²) >= 11 is 0. The number of benzene rings is 1. The van der Waals surface area contributed by atoms with Gasteiger partial charge in [-0.1, -0.05) is 18.2 Å². The van der Waals surface area contributed by atoms with Crippen LogP contribution in [-0.4, -0.2) is 56.3 Å². The second-order valence-corrected chi connectivity index (χ2v) is 8.72. The van der Waals surface area contributed by atoms with Gasteiger partial charge in [0.15, 0.2) is 5.76 Å². The molecule has 0 aliphatic carbocycles. The van der Waals surface area contributed by atoms with E-state index in [1.165, 1.54) is 9.70 Å². The summed E-state index contributed by atoms with van der Waals surface area (Å²) in [6.45, 7) is 2.64. The first kappa shape index (κ1) is 24.3. The fraction of sp³-hybridized carbons (Fsp3) is 0.308. The fourth-order valence-electron chi connectivity index (χ4n) is 4.27. The summed E-state index contributed by atoms with van der Waals surface area (Å²) in [5.74, 6) is 0.732. The van der Waals surface area contributed by atoms with Crippen LogP contribution in [0.2, 0.25) is 0 Å². The third-order valence-corrected chi connectivity index (χ3v) is 6.05. The first-order valence-electron chi connectivity index (χ1n) is 12.1. The maximum absolute atomic E-state index is 13.8. The fourth-order valence-corrected chi connectivity index (χ4v) is 4.27. The van der Waals surface area contributed by atoms with Crippen LogP contribution in [0.1, 0.15) is 30.2 Å². The quantitative estimate of drug-likeness (QED) is 0.371. The van der Waals surface area contributed by atoms with Crippen molar-refractivity contribution in [3.8, 4) is 11.6 Å². The molecule has 2 amide bonds. The van der Waals surface area contributed by atoms with Crippen LogP contribution in [0.4, 0.5) is 5.69 Å². The van der Waals surface area contributed by atoms with Crippen LogP contribution in [0, 0.1) is 6.92 Å². The molecular weight excluding hydrogens is 474 g/mol. The second kappa shape index (κ2) is 11.1. The van der Waals surface area contributed by atoms with Gasteiger partial charge in [0.25, 0.3) is 5.91 Å². The number of rotatable bonds is 9. The molecule has 1 N–H and O–H groups in total. The molecule has 4 heterocycles. The van der Waals surface area contributed by atoms with E-state index in [2.05, 4.69) is 25.7 Å². The van der Waals surface area contributed by atoms with Gasteiger partial charge in [-0.15, -0.1) is 10.2 Å². The highest BCUT2D eigenvalue weighted by atomic mass is 16.5. The van der Waals surface area contributed by atoms with E-state index in [0.29, 0.717) is 35.9 Å². The van der Waals surface area contributed by atoms with Crippen LogP contribution in [-0.2, 0) is 20.9 Å². The molecule has 1 aliphatic heterocycles. The molecule has 37 heavy (non-hydrogen) atoms. The minimum atomic E-state index is -0.949. The first-order valence-corrected chi connectivity index (χ1v) is 12.1. The second-order valence-electron chi connectivity index (χ2n) is 8.72. The number of amides is 2. The molecule has 0 saturated carbocycles. The first-order chi connectivity index (χ1) is 18.1. The number of aromatic nitrogens is 5. The Balaban J connectivity index is 1.44. The minimum absolute atomic E-state index is 0.0362. The summed E-state index contributed by atoms with van der Waals surface area (Å²) in [7, 11) is 0. The van der Waals surface area contributed by atoms with Crippen molar-refractivity contribution in [2.75, 3.05) is 18.1 Å². The van der Waals surface area contributed by atoms with Crippen LogP contribution < -0.4 is 10.2 Å². The monoisotopic (exact) mass is 501 g/mol. The maximum Gasteiger partial charge on any atom is 0.251 e. The van der Waals surface area contributed by atoms with Crippen molar-refractivity contribution >= 4 is 17.5 Å². The average Bonchev–Trinajstić information content (AvgIpc) is 3.69. The summed E-state index contributed by atoms with van der Waals surface area (Å²) in [5.41, 5.74) is 1.18. The van der Waals surface area contributed by atoms with Gasteiger partial charge < -0.3 is 14.5 Å². The van der Waals surface area contributed by atoms with E-state index in [9.17, 15) is 9.59 Å². The number of hydrogen-bond donors (Lipinski definition) is 1.